The number of hydrogen-bond acceptors (Lipinski definition) is 3. The van der Waals surface area contributed by atoms with Gasteiger partial charge in [0.25, 0.3) is 0 Å². The third kappa shape index (κ3) is 2.51. The Labute approximate surface area is 108 Å². The SMILES string of the molecule is CC(=O)COc1c(Cl)cc(Cl)c2cccnc12. The topological polar surface area (TPSA) is 39.2 Å². The molecule has 0 aliphatic rings. The summed E-state index contributed by atoms with van der Waals surface area (Å²) >= 11 is 12.1. The number of aromatic nitrogens is 1. The zero-order chi connectivity index (χ0) is 12.4. The highest BCUT2D eigenvalue weighted by molar-refractivity contribution is 6.39. The van der Waals surface area contributed by atoms with Crippen molar-refractivity contribution >= 4 is 39.9 Å². The van der Waals surface area contributed by atoms with Gasteiger partial charge in [-0.25, -0.2) is 0 Å². The van der Waals surface area contributed by atoms with Crippen LogP contribution in [0, 0.1) is 0 Å². The molecule has 0 aliphatic carbocycles. The molecular weight excluding hydrogens is 261 g/mol. The number of nitrogens with zero attached hydrogens (tertiary/aromatic N) is 1. The van der Waals surface area contributed by atoms with Crippen LogP contribution < -0.4 is 4.74 Å². The highest BCUT2D eigenvalue weighted by Crippen LogP contribution is 2.36. The average molecular weight is 270 g/mol. The maximum absolute atomic E-state index is 10.9. The average Bonchev–Trinajstić information content (AvgIpc) is 2.28. The highest BCUT2D eigenvalue weighted by atomic mass is 35.5. The van der Waals surface area contributed by atoms with E-state index >= 15 is 0 Å². The smallest absolute Gasteiger partial charge is 0.167 e. The molecule has 2 aromatic rings. The molecule has 0 fully saturated rings. The van der Waals surface area contributed by atoms with Crippen LogP contribution in [-0.4, -0.2) is 17.4 Å². The predicted octanol–water partition coefficient (Wildman–Crippen LogP) is 3.51. The molecule has 0 saturated carbocycles. The Bertz CT molecular complexity index is 584. The van der Waals surface area contributed by atoms with Crippen LogP contribution in [0.1, 0.15) is 6.92 Å². The van der Waals surface area contributed by atoms with E-state index in [-0.39, 0.29) is 12.4 Å². The molecule has 0 N–H and O–H groups in total. The normalized spacial score (nSPS) is 10.5. The largest absolute Gasteiger partial charge is 0.482 e. The molecule has 0 atom stereocenters. The summed E-state index contributed by atoms with van der Waals surface area (Å²) in [4.78, 5) is 15.1. The lowest BCUT2D eigenvalue weighted by Gasteiger charge is -2.10. The number of rotatable bonds is 3. The van der Waals surface area contributed by atoms with Crippen LogP contribution in [0.15, 0.2) is 24.4 Å². The molecule has 0 spiro atoms. The minimum absolute atomic E-state index is 0.0347. The summed E-state index contributed by atoms with van der Waals surface area (Å²) in [6.07, 6.45) is 1.62. The van der Waals surface area contributed by atoms with E-state index < -0.39 is 0 Å². The first-order valence-electron chi connectivity index (χ1n) is 4.94. The van der Waals surface area contributed by atoms with Crippen molar-refractivity contribution in [3.63, 3.8) is 0 Å². The fraction of sp³-hybridized carbons (Fsp3) is 0.167. The Kier molecular flexibility index (Phi) is 3.50. The molecule has 5 heteroatoms. The molecule has 0 amide bonds. The zero-order valence-electron chi connectivity index (χ0n) is 9.04. The Morgan fingerprint density at radius 1 is 1.41 bits per heavy atom. The van der Waals surface area contributed by atoms with Crippen molar-refractivity contribution in [2.24, 2.45) is 0 Å². The third-order valence-electron chi connectivity index (χ3n) is 2.17. The standard InChI is InChI=1S/C12H9Cl2NO2/c1-7(16)6-17-12-10(14)5-9(13)8-3-2-4-15-11(8)12/h2-5H,6H2,1H3. The van der Waals surface area contributed by atoms with Gasteiger partial charge in [0.15, 0.2) is 11.5 Å². The van der Waals surface area contributed by atoms with Crippen LogP contribution in [0.4, 0.5) is 0 Å². The molecular formula is C12H9Cl2NO2. The van der Waals surface area contributed by atoms with Gasteiger partial charge < -0.3 is 4.74 Å². The number of carbonyl (C=O) groups is 1. The van der Waals surface area contributed by atoms with Crippen LogP contribution in [-0.2, 0) is 4.79 Å². The second-order valence-corrected chi connectivity index (χ2v) is 4.37. The summed E-state index contributed by atoms with van der Waals surface area (Å²) in [5.74, 6) is 0.307. The number of benzene rings is 1. The lowest BCUT2D eigenvalue weighted by atomic mass is 10.2. The first kappa shape index (κ1) is 12.1. The molecule has 0 radical (unpaired) electrons. The third-order valence-corrected chi connectivity index (χ3v) is 2.76. The van der Waals surface area contributed by atoms with Crippen LogP contribution >= 0.6 is 23.2 Å². The minimum atomic E-state index is -0.0832. The summed E-state index contributed by atoms with van der Waals surface area (Å²) in [5.41, 5.74) is 0.561. The molecule has 0 bridgehead atoms. The fourth-order valence-electron chi connectivity index (χ4n) is 1.46. The van der Waals surface area contributed by atoms with Crippen LogP contribution in [0.25, 0.3) is 10.9 Å². The second kappa shape index (κ2) is 4.90. The maximum Gasteiger partial charge on any atom is 0.167 e. The Hall–Kier alpha value is -1.32. The van der Waals surface area contributed by atoms with Gasteiger partial charge in [0, 0.05) is 11.6 Å². The number of ether oxygens (including phenoxy) is 1. The fourth-order valence-corrected chi connectivity index (χ4v) is 2.03. The second-order valence-electron chi connectivity index (χ2n) is 3.56. The molecule has 17 heavy (non-hydrogen) atoms. The van der Waals surface area contributed by atoms with E-state index in [0.29, 0.717) is 21.3 Å². The van der Waals surface area contributed by atoms with Crippen molar-refractivity contribution in [3.8, 4) is 5.75 Å². The monoisotopic (exact) mass is 269 g/mol. The van der Waals surface area contributed by atoms with Gasteiger partial charge in [-0.2, -0.15) is 0 Å². The van der Waals surface area contributed by atoms with Crippen molar-refractivity contribution in [1.82, 2.24) is 4.98 Å². The number of pyridine rings is 1. The summed E-state index contributed by atoms with van der Waals surface area (Å²) < 4.78 is 5.36. The predicted molar refractivity (Wildman–Crippen MR) is 67.9 cm³/mol. The van der Waals surface area contributed by atoms with Crippen molar-refractivity contribution in [1.29, 1.82) is 0 Å². The molecule has 1 aromatic carbocycles. The minimum Gasteiger partial charge on any atom is -0.482 e. The summed E-state index contributed by atoms with van der Waals surface area (Å²) in [6, 6.07) is 5.18. The van der Waals surface area contributed by atoms with Gasteiger partial charge in [0.1, 0.15) is 12.1 Å². The first-order valence-corrected chi connectivity index (χ1v) is 5.70. The summed E-state index contributed by atoms with van der Waals surface area (Å²) in [6.45, 7) is 1.41. The van der Waals surface area contributed by atoms with E-state index in [0.717, 1.165) is 5.39 Å². The van der Waals surface area contributed by atoms with Crippen LogP contribution in [0.5, 0.6) is 5.75 Å². The Morgan fingerprint density at radius 2 is 2.18 bits per heavy atom. The van der Waals surface area contributed by atoms with Gasteiger partial charge >= 0.3 is 0 Å². The maximum atomic E-state index is 10.9. The van der Waals surface area contributed by atoms with Gasteiger partial charge in [-0.3, -0.25) is 9.78 Å². The van der Waals surface area contributed by atoms with E-state index in [1.165, 1.54) is 6.92 Å². The van der Waals surface area contributed by atoms with E-state index in [1.807, 2.05) is 6.07 Å². The van der Waals surface area contributed by atoms with Crippen LogP contribution in [0.3, 0.4) is 0 Å². The van der Waals surface area contributed by atoms with Crippen molar-refractivity contribution < 1.29 is 9.53 Å². The lowest BCUT2D eigenvalue weighted by molar-refractivity contribution is -0.118. The first-order chi connectivity index (χ1) is 8.09. The van der Waals surface area contributed by atoms with E-state index in [1.54, 1.807) is 18.3 Å². The number of halogens is 2. The van der Waals surface area contributed by atoms with Gasteiger partial charge in [-0.15, -0.1) is 0 Å². The molecule has 1 aromatic heterocycles. The molecule has 0 unspecified atom stereocenters. The van der Waals surface area contributed by atoms with E-state index in [4.69, 9.17) is 27.9 Å². The molecule has 88 valence electrons. The molecule has 2 rings (SSSR count). The lowest BCUT2D eigenvalue weighted by Crippen LogP contribution is -2.07. The number of ketones is 1. The number of fused-ring (bicyclic) bond motifs is 1. The molecule has 3 nitrogen and oxygen atoms in total. The van der Waals surface area contributed by atoms with Gasteiger partial charge in [-0.1, -0.05) is 23.2 Å². The van der Waals surface area contributed by atoms with E-state index in [2.05, 4.69) is 4.98 Å². The van der Waals surface area contributed by atoms with Crippen molar-refractivity contribution in [2.75, 3.05) is 6.61 Å². The Balaban J connectivity index is 2.57. The molecule has 1 heterocycles. The van der Waals surface area contributed by atoms with Gasteiger partial charge in [0.05, 0.1) is 10.0 Å². The van der Waals surface area contributed by atoms with E-state index in [9.17, 15) is 4.79 Å². The quantitative estimate of drug-likeness (QED) is 0.856. The molecule has 0 aliphatic heterocycles. The summed E-state index contributed by atoms with van der Waals surface area (Å²) in [5, 5.41) is 1.60. The zero-order valence-corrected chi connectivity index (χ0v) is 10.5. The Morgan fingerprint density at radius 3 is 2.88 bits per heavy atom. The number of hydrogen-bond donors (Lipinski definition) is 0. The summed E-state index contributed by atoms with van der Waals surface area (Å²) in [7, 11) is 0. The van der Waals surface area contributed by atoms with Crippen molar-refractivity contribution in [2.45, 2.75) is 6.92 Å². The number of Topliss-reactive ketones (excluding diaryl/α,β-unsaturated/α-hetero) is 1. The van der Waals surface area contributed by atoms with Crippen molar-refractivity contribution in [3.05, 3.63) is 34.4 Å². The van der Waals surface area contributed by atoms with Gasteiger partial charge in [-0.05, 0) is 25.1 Å². The highest BCUT2D eigenvalue weighted by Gasteiger charge is 2.12. The number of carbonyl (C=O) groups excluding carboxylic acids is 1. The molecule has 0 saturated heterocycles. The van der Waals surface area contributed by atoms with Gasteiger partial charge in [0.2, 0.25) is 0 Å². The van der Waals surface area contributed by atoms with Crippen LogP contribution in [0.2, 0.25) is 10.0 Å².